The summed E-state index contributed by atoms with van der Waals surface area (Å²) >= 11 is 0. The van der Waals surface area contributed by atoms with Crippen molar-refractivity contribution < 1.29 is 0 Å². The van der Waals surface area contributed by atoms with Crippen LogP contribution in [-0.4, -0.2) is 20.7 Å². The standard InChI is InChI=1S/C24H24N4/c1-4-17-10-8-11-18(5-2)23(17)25-16(3)19-14-9-15-22(26-19)24-27-20-12-6-7-13-21(20)28-24/h6-15H,4-5H2,1-3H3,(H,27,28). The number of fused-ring (bicyclic) bond motifs is 1. The number of aromatic amines is 1. The van der Waals surface area contributed by atoms with Gasteiger partial charge in [0.1, 0.15) is 5.69 Å². The number of para-hydroxylation sites is 3. The zero-order valence-electron chi connectivity index (χ0n) is 16.5. The summed E-state index contributed by atoms with van der Waals surface area (Å²) in [5, 5.41) is 0. The maximum absolute atomic E-state index is 4.97. The van der Waals surface area contributed by atoms with E-state index in [1.807, 2.05) is 49.4 Å². The van der Waals surface area contributed by atoms with E-state index >= 15 is 0 Å². The molecule has 0 aliphatic carbocycles. The minimum atomic E-state index is 0.777. The van der Waals surface area contributed by atoms with Gasteiger partial charge in [0.25, 0.3) is 0 Å². The highest BCUT2D eigenvalue weighted by molar-refractivity contribution is 5.99. The Morgan fingerprint density at radius 2 is 1.57 bits per heavy atom. The molecule has 4 nitrogen and oxygen atoms in total. The number of aromatic nitrogens is 3. The number of aryl methyl sites for hydroxylation is 2. The molecule has 0 spiro atoms. The van der Waals surface area contributed by atoms with Gasteiger partial charge in [-0.25, -0.2) is 9.97 Å². The van der Waals surface area contributed by atoms with E-state index in [0.29, 0.717) is 0 Å². The molecule has 0 radical (unpaired) electrons. The molecule has 1 N–H and O–H groups in total. The van der Waals surface area contributed by atoms with E-state index in [9.17, 15) is 0 Å². The van der Waals surface area contributed by atoms with E-state index in [4.69, 9.17) is 9.98 Å². The quantitative estimate of drug-likeness (QED) is 0.447. The SMILES string of the molecule is CCc1cccc(CC)c1N=C(C)c1cccc(-c2nc3ccccc3[nH]2)n1. The highest BCUT2D eigenvalue weighted by Crippen LogP contribution is 2.27. The van der Waals surface area contributed by atoms with Crippen molar-refractivity contribution in [3.8, 4) is 11.5 Å². The molecule has 4 heteroatoms. The molecule has 2 aromatic carbocycles. The summed E-state index contributed by atoms with van der Waals surface area (Å²) in [6.45, 7) is 6.36. The molecule has 0 bridgehead atoms. The van der Waals surface area contributed by atoms with Crippen LogP contribution in [0, 0.1) is 0 Å². The molecular formula is C24H24N4. The summed E-state index contributed by atoms with van der Waals surface area (Å²) in [5.74, 6) is 0.777. The minimum Gasteiger partial charge on any atom is -0.337 e. The number of rotatable bonds is 5. The van der Waals surface area contributed by atoms with E-state index in [-0.39, 0.29) is 0 Å². The van der Waals surface area contributed by atoms with Gasteiger partial charge < -0.3 is 4.98 Å². The summed E-state index contributed by atoms with van der Waals surface area (Å²) in [6, 6.07) is 20.4. The number of hydrogen-bond donors (Lipinski definition) is 1. The van der Waals surface area contributed by atoms with Gasteiger partial charge in [-0.15, -0.1) is 0 Å². The predicted molar refractivity (Wildman–Crippen MR) is 116 cm³/mol. The minimum absolute atomic E-state index is 0.777. The highest BCUT2D eigenvalue weighted by atomic mass is 15.0. The summed E-state index contributed by atoms with van der Waals surface area (Å²) in [5.41, 5.74) is 8.18. The van der Waals surface area contributed by atoms with Gasteiger partial charge in [-0.1, -0.05) is 50.2 Å². The van der Waals surface area contributed by atoms with Crippen molar-refractivity contribution in [2.45, 2.75) is 33.6 Å². The lowest BCUT2D eigenvalue weighted by Crippen LogP contribution is -2.01. The smallest absolute Gasteiger partial charge is 0.157 e. The number of hydrogen-bond acceptors (Lipinski definition) is 3. The normalized spacial score (nSPS) is 11.9. The summed E-state index contributed by atoms with van der Waals surface area (Å²) < 4.78 is 0. The molecule has 2 aromatic heterocycles. The lowest BCUT2D eigenvalue weighted by Gasteiger charge is -2.10. The molecular weight excluding hydrogens is 344 g/mol. The van der Waals surface area contributed by atoms with Crippen molar-refractivity contribution in [2.75, 3.05) is 0 Å². The zero-order chi connectivity index (χ0) is 19.5. The van der Waals surface area contributed by atoms with Crippen LogP contribution in [0.25, 0.3) is 22.6 Å². The zero-order valence-corrected chi connectivity index (χ0v) is 16.5. The van der Waals surface area contributed by atoms with Gasteiger partial charge in [0, 0.05) is 0 Å². The third kappa shape index (κ3) is 3.46. The number of benzene rings is 2. The van der Waals surface area contributed by atoms with Crippen LogP contribution in [-0.2, 0) is 12.8 Å². The number of nitrogens with zero attached hydrogens (tertiary/aromatic N) is 3. The summed E-state index contributed by atoms with van der Waals surface area (Å²) in [6.07, 6.45) is 1.93. The molecule has 0 aliphatic rings. The van der Waals surface area contributed by atoms with Gasteiger partial charge >= 0.3 is 0 Å². The first-order valence-electron chi connectivity index (χ1n) is 9.78. The van der Waals surface area contributed by atoms with Crippen molar-refractivity contribution in [3.05, 3.63) is 77.5 Å². The largest absolute Gasteiger partial charge is 0.337 e. The van der Waals surface area contributed by atoms with Crippen LogP contribution in [0.4, 0.5) is 5.69 Å². The van der Waals surface area contributed by atoms with Gasteiger partial charge in [-0.05, 0) is 55.2 Å². The third-order valence-corrected chi connectivity index (χ3v) is 5.00. The van der Waals surface area contributed by atoms with Crippen LogP contribution < -0.4 is 0 Å². The van der Waals surface area contributed by atoms with Gasteiger partial charge in [0.15, 0.2) is 5.82 Å². The fourth-order valence-electron chi connectivity index (χ4n) is 3.43. The molecule has 0 amide bonds. The summed E-state index contributed by atoms with van der Waals surface area (Å²) in [7, 11) is 0. The average Bonchev–Trinajstić information content (AvgIpc) is 3.18. The fraction of sp³-hybridized carbons (Fsp3) is 0.208. The predicted octanol–water partition coefficient (Wildman–Crippen LogP) is 5.89. The Morgan fingerprint density at radius 1 is 0.857 bits per heavy atom. The monoisotopic (exact) mass is 368 g/mol. The first-order valence-corrected chi connectivity index (χ1v) is 9.78. The Hall–Kier alpha value is -3.27. The van der Waals surface area contributed by atoms with E-state index in [1.165, 1.54) is 11.1 Å². The second kappa shape index (κ2) is 7.77. The van der Waals surface area contributed by atoms with Gasteiger partial charge in [0.05, 0.1) is 28.1 Å². The Morgan fingerprint density at radius 3 is 2.29 bits per heavy atom. The average molecular weight is 368 g/mol. The number of pyridine rings is 1. The molecule has 0 saturated heterocycles. The van der Waals surface area contributed by atoms with E-state index < -0.39 is 0 Å². The number of nitrogens with one attached hydrogen (secondary N) is 1. The van der Waals surface area contributed by atoms with Crippen molar-refractivity contribution in [1.29, 1.82) is 0 Å². The van der Waals surface area contributed by atoms with Gasteiger partial charge in [-0.3, -0.25) is 4.99 Å². The molecule has 4 aromatic rings. The van der Waals surface area contributed by atoms with Crippen molar-refractivity contribution in [2.24, 2.45) is 4.99 Å². The lowest BCUT2D eigenvalue weighted by molar-refractivity contribution is 1.08. The molecule has 0 fully saturated rings. The second-order valence-corrected chi connectivity index (χ2v) is 6.84. The third-order valence-electron chi connectivity index (χ3n) is 5.00. The van der Waals surface area contributed by atoms with E-state index in [2.05, 4.69) is 42.0 Å². The number of imidazole rings is 1. The fourth-order valence-corrected chi connectivity index (χ4v) is 3.43. The van der Waals surface area contributed by atoms with Crippen LogP contribution in [0.1, 0.15) is 37.6 Å². The van der Waals surface area contributed by atoms with Crippen LogP contribution >= 0.6 is 0 Å². The van der Waals surface area contributed by atoms with Crippen molar-refractivity contribution in [1.82, 2.24) is 15.0 Å². The first-order chi connectivity index (χ1) is 13.7. The van der Waals surface area contributed by atoms with Crippen molar-refractivity contribution >= 4 is 22.4 Å². The Kier molecular flexibility index (Phi) is 5.02. The summed E-state index contributed by atoms with van der Waals surface area (Å²) in [4.78, 5) is 17.8. The van der Waals surface area contributed by atoms with Gasteiger partial charge in [-0.2, -0.15) is 0 Å². The van der Waals surface area contributed by atoms with Crippen LogP contribution in [0.2, 0.25) is 0 Å². The highest BCUT2D eigenvalue weighted by Gasteiger charge is 2.10. The van der Waals surface area contributed by atoms with Gasteiger partial charge in [0.2, 0.25) is 0 Å². The lowest BCUT2D eigenvalue weighted by atomic mass is 10.0. The van der Waals surface area contributed by atoms with E-state index in [0.717, 1.165) is 52.5 Å². The molecule has 0 atom stereocenters. The molecule has 28 heavy (non-hydrogen) atoms. The first kappa shape index (κ1) is 18.1. The molecule has 0 saturated carbocycles. The molecule has 140 valence electrons. The number of aliphatic imine (C=N–C) groups is 1. The Bertz CT molecular complexity index is 1100. The molecule has 0 unspecified atom stereocenters. The Labute approximate surface area is 165 Å². The maximum atomic E-state index is 4.97. The number of H-pyrrole nitrogens is 1. The molecule has 0 aliphatic heterocycles. The van der Waals surface area contributed by atoms with Crippen molar-refractivity contribution in [3.63, 3.8) is 0 Å². The molecule has 4 rings (SSSR count). The second-order valence-electron chi connectivity index (χ2n) is 6.84. The van der Waals surface area contributed by atoms with Crippen LogP contribution in [0.5, 0.6) is 0 Å². The topological polar surface area (TPSA) is 53.9 Å². The maximum Gasteiger partial charge on any atom is 0.157 e. The Balaban J connectivity index is 1.74. The molecule has 2 heterocycles. The van der Waals surface area contributed by atoms with E-state index in [1.54, 1.807) is 0 Å². The van der Waals surface area contributed by atoms with Crippen LogP contribution in [0.15, 0.2) is 65.7 Å². The van der Waals surface area contributed by atoms with Crippen LogP contribution in [0.3, 0.4) is 0 Å².